The normalized spacial score (nSPS) is 13.5. The summed E-state index contributed by atoms with van der Waals surface area (Å²) in [6.45, 7) is 4.90. The Bertz CT molecular complexity index is 469. The van der Waals surface area contributed by atoms with Gasteiger partial charge in [0.1, 0.15) is 0 Å². The van der Waals surface area contributed by atoms with Crippen molar-refractivity contribution in [3.05, 3.63) is 29.3 Å². The van der Waals surface area contributed by atoms with Crippen molar-refractivity contribution in [2.75, 3.05) is 5.32 Å². The topological polar surface area (TPSA) is 55.1 Å². The first-order chi connectivity index (χ1) is 8.62. The lowest BCUT2D eigenvalue weighted by atomic mass is 10.0. The maximum Gasteiger partial charge on any atom is 0.416 e. The SMILES string of the molecule is Cc1ccc(NC(=O)[C@@H](N)C(C)C)cc1C(F)(F)F. The molecule has 1 amide bonds. The van der Waals surface area contributed by atoms with Gasteiger partial charge >= 0.3 is 6.18 Å². The maximum absolute atomic E-state index is 12.7. The van der Waals surface area contributed by atoms with Crippen LogP contribution >= 0.6 is 0 Å². The van der Waals surface area contributed by atoms with E-state index in [4.69, 9.17) is 5.73 Å². The minimum Gasteiger partial charge on any atom is -0.325 e. The van der Waals surface area contributed by atoms with E-state index in [1.54, 1.807) is 13.8 Å². The number of alkyl halides is 3. The molecule has 0 aromatic heterocycles. The second-order valence-electron chi connectivity index (χ2n) is 4.79. The van der Waals surface area contributed by atoms with E-state index >= 15 is 0 Å². The largest absolute Gasteiger partial charge is 0.416 e. The van der Waals surface area contributed by atoms with Crippen LogP contribution in [0.2, 0.25) is 0 Å². The van der Waals surface area contributed by atoms with Gasteiger partial charge in [0.25, 0.3) is 0 Å². The van der Waals surface area contributed by atoms with Crippen LogP contribution in [0.4, 0.5) is 18.9 Å². The molecule has 0 fully saturated rings. The van der Waals surface area contributed by atoms with Crippen LogP contribution in [0.1, 0.15) is 25.0 Å². The van der Waals surface area contributed by atoms with Gasteiger partial charge in [-0.05, 0) is 30.5 Å². The predicted molar refractivity (Wildman–Crippen MR) is 67.6 cm³/mol. The Kier molecular flexibility index (Phi) is 4.57. The molecule has 0 radical (unpaired) electrons. The number of hydrogen-bond acceptors (Lipinski definition) is 2. The lowest BCUT2D eigenvalue weighted by Crippen LogP contribution is -2.39. The zero-order chi connectivity index (χ0) is 14.8. The second-order valence-corrected chi connectivity index (χ2v) is 4.79. The molecule has 6 heteroatoms. The molecule has 1 rings (SSSR count). The van der Waals surface area contributed by atoms with E-state index in [1.807, 2.05) is 0 Å². The number of halogens is 3. The van der Waals surface area contributed by atoms with Crippen molar-refractivity contribution in [1.29, 1.82) is 0 Å². The first-order valence-corrected chi connectivity index (χ1v) is 5.87. The van der Waals surface area contributed by atoms with Crippen molar-refractivity contribution in [3.8, 4) is 0 Å². The number of anilines is 1. The summed E-state index contributed by atoms with van der Waals surface area (Å²) >= 11 is 0. The predicted octanol–water partition coefficient (Wildman–Crippen LogP) is 2.94. The van der Waals surface area contributed by atoms with Gasteiger partial charge in [0.2, 0.25) is 5.91 Å². The monoisotopic (exact) mass is 274 g/mol. The van der Waals surface area contributed by atoms with E-state index in [9.17, 15) is 18.0 Å². The van der Waals surface area contributed by atoms with E-state index in [-0.39, 0.29) is 17.2 Å². The summed E-state index contributed by atoms with van der Waals surface area (Å²) in [5.74, 6) is -0.584. The van der Waals surface area contributed by atoms with E-state index in [1.165, 1.54) is 19.1 Å². The summed E-state index contributed by atoms with van der Waals surface area (Å²) in [6, 6.07) is 2.91. The Hall–Kier alpha value is -1.56. The second kappa shape index (κ2) is 5.61. The molecule has 0 aliphatic carbocycles. The number of amides is 1. The first-order valence-electron chi connectivity index (χ1n) is 5.87. The first kappa shape index (κ1) is 15.5. The molecule has 106 valence electrons. The third-order valence-electron chi connectivity index (χ3n) is 2.83. The number of benzene rings is 1. The van der Waals surface area contributed by atoms with Crippen LogP contribution in [-0.2, 0) is 11.0 Å². The average molecular weight is 274 g/mol. The highest BCUT2D eigenvalue weighted by Crippen LogP contribution is 2.33. The molecular weight excluding hydrogens is 257 g/mol. The third kappa shape index (κ3) is 3.96. The van der Waals surface area contributed by atoms with Gasteiger partial charge in [0, 0.05) is 5.69 Å². The van der Waals surface area contributed by atoms with Crippen LogP contribution in [0, 0.1) is 12.8 Å². The molecule has 0 unspecified atom stereocenters. The quantitative estimate of drug-likeness (QED) is 0.890. The molecule has 0 saturated carbocycles. The number of aryl methyl sites for hydroxylation is 1. The molecule has 1 aromatic carbocycles. The van der Waals surface area contributed by atoms with Gasteiger partial charge < -0.3 is 11.1 Å². The van der Waals surface area contributed by atoms with Gasteiger partial charge in [-0.1, -0.05) is 19.9 Å². The summed E-state index contributed by atoms with van der Waals surface area (Å²) in [6.07, 6.45) is -4.44. The minimum atomic E-state index is -4.44. The fraction of sp³-hybridized carbons (Fsp3) is 0.462. The molecule has 0 bridgehead atoms. The lowest BCUT2D eigenvalue weighted by molar-refractivity contribution is -0.138. The van der Waals surface area contributed by atoms with Crippen LogP contribution in [0.5, 0.6) is 0 Å². The summed E-state index contributed by atoms with van der Waals surface area (Å²) in [4.78, 5) is 11.7. The number of carbonyl (C=O) groups excluding carboxylic acids is 1. The molecule has 0 aliphatic heterocycles. The van der Waals surface area contributed by atoms with Crippen LogP contribution < -0.4 is 11.1 Å². The van der Waals surface area contributed by atoms with Crippen molar-refractivity contribution in [2.45, 2.75) is 33.0 Å². The van der Waals surface area contributed by atoms with Gasteiger partial charge in [-0.25, -0.2) is 0 Å². The van der Waals surface area contributed by atoms with Gasteiger partial charge in [0.05, 0.1) is 11.6 Å². The number of nitrogens with one attached hydrogen (secondary N) is 1. The summed E-state index contributed by atoms with van der Waals surface area (Å²) in [5, 5.41) is 2.40. The molecule has 0 heterocycles. The minimum absolute atomic E-state index is 0.0902. The molecule has 3 N–H and O–H groups in total. The molecule has 1 aromatic rings. The van der Waals surface area contributed by atoms with Gasteiger partial charge in [-0.15, -0.1) is 0 Å². The van der Waals surface area contributed by atoms with Crippen LogP contribution in [0.3, 0.4) is 0 Å². The van der Waals surface area contributed by atoms with Gasteiger partial charge in [-0.3, -0.25) is 4.79 Å². The highest BCUT2D eigenvalue weighted by molar-refractivity contribution is 5.94. The average Bonchev–Trinajstić information content (AvgIpc) is 2.28. The van der Waals surface area contributed by atoms with E-state index in [0.717, 1.165) is 6.07 Å². The van der Waals surface area contributed by atoms with E-state index in [2.05, 4.69) is 5.32 Å². The summed E-state index contributed by atoms with van der Waals surface area (Å²) in [7, 11) is 0. The van der Waals surface area contributed by atoms with E-state index < -0.39 is 23.7 Å². The van der Waals surface area contributed by atoms with Crippen LogP contribution in [-0.4, -0.2) is 11.9 Å². The standard InChI is InChI=1S/C13H17F3N2O/c1-7(2)11(17)12(19)18-9-5-4-8(3)10(6-9)13(14,15)16/h4-7,11H,17H2,1-3H3,(H,18,19)/t11-/m0/s1. The Morgan fingerprint density at radius 1 is 1.32 bits per heavy atom. The van der Waals surface area contributed by atoms with Crippen molar-refractivity contribution in [2.24, 2.45) is 11.7 Å². The number of nitrogens with two attached hydrogens (primary N) is 1. The fourth-order valence-electron chi connectivity index (χ4n) is 1.53. The highest BCUT2D eigenvalue weighted by Gasteiger charge is 2.32. The fourth-order valence-corrected chi connectivity index (χ4v) is 1.53. The number of hydrogen-bond donors (Lipinski definition) is 2. The number of carbonyl (C=O) groups is 1. The Morgan fingerprint density at radius 2 is 1.89 bits per heavy atom. The van der Waals surface area contributed by atoms with Crippen molar-refractivity contribution in [3.63, 3.8) is 0 Å². The molecular formula is C13H17F3N2O. The van der Waals surface area contributed by atoms with Crippen molar-refractivity contribution < 1.29 is 18.0 Å². The highest BCUT2D eigenvalue weighted by atomic mass is 19.4. The summed E-state index contributed by atoms with van der Waals surface area (Å²) < 4.78 is 38.1. The maximum atomic E-state index is 12.7. The van der Waals surface area contributed by atoms with E-state index in [0.29, 0.717) is 0 Å². The van der Waals surface area contributed by atoms with Crippen molar-refractivity contribution in [1.82, 2.24) is 0 Å². The van der Waals surface area contributed by atoms with Gasteiger partial charge in [-0.2, -0.15) is 13.2 Å². The zero-order valence-electron chi connectivity index (χ0n) is 11.0. The molecule has 0 saturated heterocycles. The Morgan fingerprint density at radius 3 is 2.37 bits per heavy atom. The zero-order valence-corrected chi connectivity index (χ0v) is 11.0. The smallest absolute Gasteiger partial charge is 0.325 e. The molecule has 19 heavy (non-hydrogen) atoms. The molecule has 3 nitrogen and oxygen atoms in total. The molecule has 1 atom stereocenters. The van der Waals surface area contributed by atoms with Gasteiger partial charge in [0.15, 0.2) is 0 Å². The third-order valence-corrected chi connectivity index (χ3v) is 2.83. The molecule has 0 aliphatic rings. The van der Waals surface area contributed by atoms with Crippen molar-refractivity contribution >= 4 is 11.6 Å². The van der Waals surface area contributed by atoms with Crippen LogP contribution in [0.15, 0.2) is 18.2 Å². The molecule has 0 spiro atoms. The Balaban J connectivity index is 2.95. The van der Waals surface area contributed by atoms with Crippen LogP contribution in [0.25, 0.3) is 0 Å². The Labute approximate surface area is 110 Å². The summed E-state index contributed by atoms with van der Waals surface area (Å²) in [5.41, 5.74) is 5.07. The lowest BCUT2D eigenvalue weighted by Gasteiger charge is -2.17. The number of rotatable bonds is 3.